The summed E-state index contributed by atoms with van der Waals surface area (Å²) < 4.78 is 10.7. The molecule has 0 spiro atoms. The van der Waals surface area contributed by atoms with E-state index < -0.39 is 6.37 Å². The van der Waals surface area contributed by atoms with Crippen LogP contribution >= 0.6 is 22.4 Å². The molecule has 0 aliphatic heterocycles. The van der Waals surface area contributed by atoms with E-state index in [0.717, 1.165) is 23.0 Å². The Morgan fingerprint density at radius 3 is 1.76 bits per heavy atom. The summed E-state index contributed by atoms with van der Waals surface area (Å²) in [7, 11) is 0. The molecule has 0 aliphatic rings. The topological polar surface area (TPSA) is 26.3 Å². The van der Waals surface area contributed by atoms with Gasteiger partial charge in [0.2, 0.25) is 0 Å². The molecule has 0 aliphatic carbocycles. The van der Waals surface area contributed by atoms with E-state index in [9.17, 15) is 0 Å². The Hall–Kier alpha value is -0.523. The van der Waals surface area contributed by atoms with E-state index >= 15 is 0 Å². The molecule has 2 rings (SSSR count). The van der Waals surface area contributed by atoms with Crippen molar-refractivity contribution in [3.63, 3.8) is 0 Å². The van der Waals surface area contributed by atoms with Crippen molar-refractivity contribution in [3.8, 4) is 0 Å². The number of hydrogen-bond donors (Lipinski definition) is 0. The van der Waals surface area contributed by atoms with Crippen molar-refractivity contribution in [2.24, 2.45) is 0 Å². The lowest BCUT2D eigenvalue weighted by atomic mass is 10.5. The van der Waals surface area contributed by atoms with E-state index in [1.54, 1.807) is 12.5 Å². The van der Waals surface area contributed by atoms with Gasteiger partial charge in [-0.05, 0) is 24.3 Å². The van der Waals surface area contributed by atoms with Crippen LogP contribution in [0, 0.1) is 0 Å². The molecule has 0 saturated carbocycles. The molecule has 0 saturated heterocycles. The highest BCUT2D eigenvalue weighted by Gasteiger charge is 2.23. The first-order valence-corrected chi connectivity index (χ1v) is 11.9. The first kappa shape index (κ1) is 12.9. The predicted octanol–water partition coefficient (Wildman–Crippen LogP) is 4.74. The molecular formula is C12H16O2S2Si. The molecule has 0 aromatic carbocycles. The number of hydrogen-bond acceptors (Lipinski definition) is 4. The Kier molecular flexibility index (Phi) is 4.47. The van der Waals surface area contributed by atoms with Crippen molar-refractivity contribution in [1.29, 1.82) is 0 Å². The van der Waals surface area contributed by atoms with Gasteiger partial charge in [-0.1, -0.05) is 13.1 Å². The van der Waals surface area contributed by atoms with Crippen LogP contribution in [0.3, 0.4) is 0 Å². The molecule has 0 bridgehead atoms. The molecule has 0 atom stereocenters. The van der Waals surface area contributed by atoms with E-state index in [1.165, 1.54) is 0 Å². The van der Waals surface area contributed by atoms with Crippen LogP contribution < -0.4 is 0 Å². The van der Waals surface area contributed by atoms with E-state index in [0.29, 0.717) is 0 Å². The van der Waals surface area contributed by atoms with Gasteiger partial charge >= 0.3 is 0 Å². The van der Waals surface area contributed by atoms with E-state index in [2.05, 4.69) is 13.1 Å². The van der Waals surface area contributed by atoms with E-state index in [4.69, 9.17) is 8.83 Å². The monoisotopic (exact) mass is 284 g/mol. The fourth-order valence-electron chi connectivity index (χ4n) is 1.32. The molecule has 2 heterocycles. The molecule has 0 radical (unpaired) electrons. The largest absolute Gasteiger partial charge is 0.469 e. The molecule has 0 N–H and O–H groups in total. The summed E-state index contributed by atoms with van der Waals surface area (Å²) in [5, 5.41) is 0. The van der Waals surface area contributed by atoms with Gasteiger partial charge in [-0.25, -0.2) is 0 Å². The standard InChI is InChI=1S/C12H16O2S2Si/c1-17(2,15-9-11-5-3-7-13-11)16-10-12-6-4-8-14-12/h3-8H,9-10H2,1-2H3. The van der Waals surface area contributed by atoms with Crippen LogP contribution in [0.25, 0.3) is 0 Å². The normalized spacial score (nSPS) is 11.9. The molecule has 92 valence electrons. The van der Waals surface area contributed by atoms with Gasteiger partial charge in [0, 0.05) is 11.5 Å². The lowest BCUT2D eigenvalue weighted by Gasteiger charge is -2.19. The van der Waals surface area contributed by atoms with Crippen molar-refractivity contribution in [1.82, 2.24) is 0 Å². The quantitative estimate of drug-likeness (QED) is 0.716. The van der Waals surface area contributed by atoms with Gasteiger partial charge in [-0.3, -0.25) is 0 Å². The molecule has 2 nitrogen and oxygen atoms in total. The third-order valence-corrected chi connectivity index (χ3v) is 11.7. The number of furan rings is 2. The summed E-state index contributed by atoms with van der Waals surface area (Å²) in [6.45, 7) is 4.74. The van der Waals surface area contributed by atoms with E-state index in [-0.39, 0.29) is 0 Å². The molecule has 5 heteroatoms. The zero-order valence-corrected chi connectivity index (χ0v) is 12.6. The van der Waals surface area contributed by atoms with Gasteiger partial charge in [-0.2, -0.15) is 22.4 Å². The van der Waals surface area contributed by atoms with Crippen LogP contribution in [-0.4, -0.2) is 6.37 Å². The average molecular weight is 284 g/mol. The van der Waals surface area contributed by atoms with Crippen LogP contribution in [0.2, 0.25) is 13.1 Å². The summed E-state index contributed by atoms with van der Waals surface area (Å²) in [5.41, 5.74) is 0. The van der Waals surface area contributed by atoms with Crippen LogP contribution in [0.15, 0.2) is 45.6 Å². The molecule has 0 fully saturated rings. The Balaban J connectivity index is 1.78. The second-order valence-corrected chi connectivity index (χ2v) is 16.7. The van der Waals surface area contributed by atoms with Crippen LogP contribution in [0.1, 0.15) is 11.5 Å². The zero-order chi connectivity index (χ0) is 12.1. The van der Waals surface area contributed by atoms with Crippen LogP contribution in [-0.2, 0) is 11.5 Å². The lowest BCUT2D eigenvalue weighted by Crippen LogP contribution is -2.16. The highest BCUT2D eigenvalue weighted by Crippen LogP contribution is 2.36. The second-order valence-electron chi connectivity index (χ2n) is 4.14. The minimum atomic E-state index is -1.30. The molecular weight excluding hydrogens is 268 g/mol. The smallest absolute Gasteiger partial charge is 0.171 e. The average Bonchev–Trinajstić information content (AvgIpc) is 2.97. The summed E-state index contributed by atoms with van der Waals surface area (Å²) in [6.07, 6.45) is 2.17. The van der Waals surface area contributed by atoms with Crippen molar-refractivity contribution < 1.29 is 8.83 Å². The Morgan fingerprint density at radius 2 is 1.41 bits per heavy atom. The highest BCUT2D eigenvalue weighted by molar-refractivity contribution is 8.57. The molecule has 0 unspecified atom stereocenters. The van der Waals surface area contributed by atoms with Gasteiger partial charge in [0.15, 0.2) is 6.37 Å². The summed E-state index contributed by atoms with van der Waals surface area (Å²) in [4.78, 5) is 0. The van der Waals surface area contributed by atoms with Crippen molar-refractivity contribution >= 4 is 28.8 Å². The Labute approximate surface area is 110 Å². The van der Waals surface area contributed by atoms with Gasteiger partial charge < -0.3 is 8.83 Å². The minimum Gasteiger partial charge on any atom is -0.469 e. The van der Waals surface area contributed by atoms with E-state index in [1.807, 2.05) is 46.7 Å². The third-order valence-electron chi connectivity index (χ3n) is 2.28. The van der Waals surface area contributed by atoms with Crippen LogP contribution in [0.4, 0.5) is 0 Å². The Bertz CT molecular complexity index is 383. The number of rotatable bonds is 6. The fraction of sp³-hybridized carbons (Fsp3) is 0.333. The minimum absolute atomic E-state index is 0.970. The van der Waals surface area contributed by atoms with Crippen molar-refractivity contribution in [2.75, 3.05) is 0 Å². The zero-order valence-electron chi connectivity index (χ0n) is 10.0. The van der Waals surface area contributed by atoms with Gasteiger partial charge in [0.25, 0.3) is 0 Å². The first-order valence-electron chi connectivity index (χ1n) is 5.48. The van der Waals surface area contributed by atoms with Crippen LogP contribution in [0.5, 0.6) is 0 Å². The molecule has 2 aromatic heterocycles. The SMILES string of the molecule is C[Si](C)(SCc1ccco1)SCc1ccco1. The molecule has 2 aromatic rings. The summed E-state index contributed by atoms with van der Waals surface area (Å²) in [5.74, 6) is 4.07. The van der Waals surface area contributed by atoms with Crippen molar-refractivity contribution in [3.05, 3.63) is 48.3 Å². The van der Waals surface area contributed by atoms with Crippen molar-refractivity contribution in [2.45, 2.75) is 24.6 Å². The maximum atomic E-state index is 5.35. The highest BCUT2D eigenvalue weighted by atomic mass is 32.6. The van der Waals surface area contributed by atoms with Gasteiger partial charge in [0.05, 0.1) is 12.5 Å². The van der Waals surface area contributed by atoms with Gasteiger partial charge in [-0.15, -0.1) is 0 Å². The summed E-state index contributed by atoms with van der Waals surface area (Å²) >= 11 is 4.05. The van der Waals surface area contributed by atoms with Gasteiger partial charge in [0.1, 0.15) is 11.5 Å². The first-order chi connectivity index (χ1) is 8.16. The second kappa shape index (κ2) is 5.89. The third kappa shape index (κ3) is 4.33. The predicted molar refractivity (Wildman–Crippen MR) is 77.5 cm³/mol. The maximum absolute atomic E-state index is 5.35. The Morgan fingerprint density at radius 1 is 0.941 bits per heavy atom. The summed E-state index contributed by atoms with van der Waals surface area (Å²) in [6, 6.07) is 7.96. The maximum Gasteiger partial charge on any atom is 0.171 e. The molecule has 0 amide bonds. The lowest BCUT2D eigenvalue weighted by molar-refractivity contribution is 0.530. The fourth-order valence-corrected chi connectivity index (χ4v) is 7.71. The molecule has 17 heavy (non-hydrogen) atoms.